The van der Waals surface area contributed by atoms with Crippen LogP contribution in [0.4, 0.5) is 0 Å². The minimum absolute atomic E-state index is 0.440. The van der Waals surface area contributed by atoms with Crippen LogP contribution in [0.15, 0.2) is 36.5 Å². The van der Waals surface area contributed by atoms with Crippen LogP contribution in [-0.2, 0) is 4.79 Å². The zero-order valence-electron chi connectivity index (χ0n) is 9.46. The number of aliphatic carboxylic acids is 1. The van der Waals surface area contributed by atoms with Crippen molar-refractivity contribution in [1.82, 2.24) is 4.98 Å². The Morgan fingerprint density at radius 1 is 1.41 bits per heavy atom. The predicted molar refractivity (Wildman–Crippen MR) is 68.2 cm³/mol. The Hall–Kier alpha value is -1.68. The second-order valence-corrected chi connectivity index (χ2v) is 4.80. The fourth-order valence-corrected chi connectivity index (χ4v) is 2.76. The van der Waals surface area contributed by atoms with Gasteiger partial charge in [0.25, 0.3) is 0 Å². The molecule has 1 heterocycles. The number of nitrogens with zero attached hydrogens (tertiary/aromatic N) is 1. The fraction of sp³-hybridized carbons (Fsp3) is 0.231. The van der Waals surface area contributed by atoms with Crippen LogP contribution in [-0.4, -0.2) is 16.1 Å². The molecule has 0 aliphatic heterocycles. The summed E-state index contributed by atoms with van der Waals surface area (Å²) in [6.07, 6.45) is 2.26. The molecule has 0 aliphatic carbocycles. The van der Waals surface area contributed by atoms with Crippen molar-refractivity contribution in [3.05, 3.63) is 41.4 Å². The van der Waals surface area contributed by atoms with Crippen LogP contribution in [0.1, 0.15) is 24.1 Å². The summed E-state index contributed by atoms with van der Waals surface area (Å²) in [5, 5.41) is 9.96. The maximum absolute atomic E-state index is 11.1. The summed E-state index contributed by atoms with van der Waals surface area (Å²) in [7, 11) is 0. The minimum Gasteiger partial charge on any atom is -0.481 e. The first-order chi connectivity index (χ1) is 8.22. The largest absolute Gasteiger partial charge is 0.481 e. The van der Waals surface area contributed by atoms with Gasteiger partial charge in [0, 0.05) is 16.6 Å². The molecule has 0 spiro atoms. The molecule has 0 saturated heterocycles. The van der Waals surface area contributed by atoms with Gasteiger partial charge in [-0.25, -0.2) is 4.98 Å². The number of benzene rings is 1. The van der Waals surface area contributed by atoms with Crippen molar-refractivity contribution in [3.8, 4) is 10.6 Å². The van der Waals surface area contributed by atoms with Gasteiger partial charge in [-0.15, -0.1) is 11.3 Å². The molecule has 2 rings (SSSR count). The number of carboxylic acid groups (broad SMARTS) is 1. The van der Waals surface area contributed by atoms with Gasteiger partial charge in [0.05, 0.1) is 5.92 Å². The second kappa shape index (κ2) is 5.10. The molecule has 0 fully saturated rings. The highest BCUT2D eigenvalue weighted by Crippen LogP contribution is 2.31. The van der Waals surface area contributed by atoms with Gasteiger partial charge in [0.1, 0.15) is 5.01 Å². The molecular weight excluding hydrogens is 234 g/mol. The predicted octanol–water partition coefficient (Wildman–Crippen LogP) is 3.39. The smallest absolute Gasteiger partial charge is 0.311 e. The molecule has 1 unspecified atom stereocenters. The Morgan fingerprint density at radius 2 is 2.12 bits per heavy atom. The SMILES string of the molecule is CCC(C(=O)O)c1cnc(-c2ccccc2)s1. The maximum Gasteiger partial charge on any atom is 0.311 e. The van der Waals surface area contributed by atoms with E-state index in [4.69, 9.17) is 5.11 Å². The highest BCUT2D eigenvalue weighted by atomic mass is 32.1. The van der Waals surface area contributed by atoms with Crippen molar-refractivity contribution in [2.75, 3.05) is 0 Å². The lowest BCUT2D eigenvalue weighted by molar-refractivity contribution is -0.138. The second-order valence-electron chi connectivity index (χ2n) is 3.73. The Labute approximate surface area is 104 Å². The number of thiazole rings is 1. The van der Waals surface area contributed by atoms with Crippen LogP contribution < -0.4 is 0 Å². The molecule has 0 saturated carbocycles. The number of hydrogen-bond donors (Lipinski definition) is 1. The molecule has 1 N–H and O–H groups in total. The van der Waals surface area contributed by atoms with Crippen molar-refractivity contribution in [1.29, 1.82) is 0 Å². The molecule has 1 aromatic heterocycles. The summed E-state index contributed by atoms with van der Waals surface area (Å²) >= 11 is 1.46. The molecule has 1 aromatic carbocycles. The highest BCUT2D eigenvalue weighted by molar-refractivity contribution is 7.15. The van der Waals surface area contributed by atoms with E-state index in [1.165, 1.54) is 11.3 Å². The van der Waals surface area contributed by atoms with E-state index in [2.05, 4.69) is 4.98 Å². The van der Waals surface area contributed by atoms with Crippen molar-refractivity contribution in [2.45, 2.75) is 19.3 Å². The monoisotopic (exact) mass is 247 g/mol. The van der Waals surface area contributed by atoms with E-state index in [0.717, 1.165) is 15.4 Å². The quantitative estimate of drug-likeness (QED) is 0.901. The first-order valence-corrected chi connectivity index (χ1v) is 6.28. The molecule has 88 valence electrons. The molecule has 3 nitrogen and oxygen atoms in total. The molecule has 1 atom stereocenters. The number of carboxylic acids is 1. The Kier molecular flexibility index (Phi) is 3.54. The van der Waals surface area contributed by atoms with Crippen molar-refractivity contribution >= 4 is 17.3 Å². The van der Waals surface area contributed by atoms with Crippen molar-refractivity contribution in [3.63, 3.8) is 0 Å². The third kappa shape index (κ3) is 2.53. The molecule has 0 bridgehead atoms. The molecular formula is C13H13NO2S. The molecule has 4 heteroatoms. The normalized spacial score (nSPS) is 12.3. The average molecular weight is 247 g/mol. The molecule has 2 aromatic rings. The first kappa shape index (κ1) is 11.8. The minimum atomic E-state index is -0.782. The lowest BCUT2D eigenvalue weighted by atomic mass is 10.1. The number of aromatic nitrogens is 1. The van der Waals surface area contributed by atoms with Gasteiger partial charge in [-0.2, -0.15) is 0 Å². The lowest BCUT2D eigenvalue weighted by Crippen LogP contribution is -2.08. The van der Waals surface area contributed by atoms with Gasteiger partial charge in [0.2, 0.25) is 0 Å². The summed E-state index contributed by atoms with van der Waals surface area (Å²) in [4.78, 5) is 16.2. The molecule has 0 amide bonds. The summed E-state index contributed by atoms with van der Waals surface area (Å²) < 4.78 is 0. The van der Waals surface area contributed by atoms with E-state index >= 15 is 0 Å². The fourth-order valence-electron chi connectivity index (χ4n) is 1.66. The number of rotatable bonds is 4. The van der Waals surface area contributed by atoms with Crippen LogP contribution in [0.3, 0.4) is 0 Å². The van der Waals surface area contributed by atoms with Crippen molar-refractivity contribution in [2.24, 2.45) is 0 Å². The van der Waals surface area contributed by atoms with Crippen LogP contribution >= 0.6 is 11.3 Å². The van der Waals surface area contributed by atoms with Crippen LogP contribution in [0.2, 0.25) is 0 Å². The molecule has 0 aliphatic rings. The molecule has 0 radical (unpaired) electrons. The van der Waals surface area contributed by atoms with E-state index in [-0.39, 0.29) is 0 Å². The number of carbonyl (C=O) groups is 1. The van der Waals surface area contributed by atoms with Crippen molar-refractivity contribution < 1.29 is 9.90 Å². The van der Waals surface area contributed by atoms with Crippen LogP contribution in [0.25, 0.3) is 10.6 Å². The maximum atomic E-state index is 11.1. The standard InChI is InChI=1S/C13H13NO2S/c1-2-10(13(15)16)11-8-14-12(17-11)9-6-4-3-5-7-9/h3-8,10H,2H2,1H3,(H,15,16). The Balaban J connectivity index is 2.30. The molecule has 17 heavy (non-hydrogen) atoms. The van der Waals surface area contributed by atoms with Gasteiger partial charge in [-0.1, -0.05) is 37.3 Å². The third-order valence-corrected chi connectivity index (χ3v) is 3.75. The van der Waals surface area contributed by atoms with Gasteiger partial charge in [0.15, 0.2) is 0 Å². The van der Waals surface area contributed by atoms with Gasteiger partial charge in [-0.05, 0) is 6.42 Å². The average Bonchev–Trinajstić information content (AvgIpc) is 2.80. The highest BCUT2D eigenvalue weighted by Gasteiger charge is 2.20. The summed E-state index contributed by atoms with van der Waals surface area (Å²) in [6.45, 7) is 1.88. The summed E-state index contributed by atoms with van der Waals surface area (Å²) in [6, 6.07) is 9.80. The van der Waals surface area contributed by atoms with E-state index in [9.17, 15) is 4.79 Å². The Bertz CT molecular complexity index is 507. The van der Waals surface area contributed by atoms with E-state index in [1.807, 2.05) is 37.3 Å². The zero-order valence-corrected chi connectivity index (χ0v) is 10.3. The van der Waals surface area contributed by atoms with Gasteiger partial charge < -0.3 is 5.11 Å². The van der Waals surface area contributed by atoms with Gasteiger partial charge in [-0.3, -0.25) is 4.79 Å². The van der Waals surface area contributed by atoms with Crippen LogP contribution in [0, 0.1) is 0 Å². The van der Waals surface area contributed by atoms with E-state index in [0.29, 0.717) is 6.42 Å². The van der Waals surface area contributed by atoms with E-state index in [1.54, 1.807) is 6.20 Å². The van der Waals surface area contributed by atoms with E-state index < -0.39 is 11.9 Å². The van der Waals surface area contributed by atoms with Crippen LogP contribution in [0.5, 0.6) is 0 Å². The zero-order chi connectivity index (χ0) is 12.3. The third-order valence-electron chi connectivity index (χ3n) is 2.59. The lowest BCUT2D eigenvalue weighted by Gasteiger charge is -2.04. The first-order valence-electron chi connectivity index (χ1n) is 5.46. The summed E-state index contributed by atoms with van der Waals surface area (Å²) in [5.74, 6) is -1.22. The Morgan fingerprint density at radius 3 is 2.71 bits per heavy atom. The summed E-state index contributed by atoms with van der Waals surface area (Å²) in [5.41, 5.74) is 1.03. The number of hydrogen-bond acceptors (Lipinski definition) is 3. The van der Waals surface area contributed by atoms with Gasteiger partial charge >= 0.3 is 5.97 Å². The topological polar surface area (TPSA) is 50.2 Å².